The number of nitriles is 1. The van der Waals surface area contributed by atoms with Crippen LogP contribution in [0.15, 0.2) is 0 Å². The highest BCUT2D eigenvalue weighted by Crippen LogP contribution is 2.31. The Kier molecular flexibility index (Phi) is 3.25. The summed E-state index contributed by atoms with van der Waals surface area (Å²) >= 11 is 0. The van der Waals surface area contributed by atoms with Gasteiger partial charge in [0, 0.05) is 0 Å². The fraction of sp³-hybridized carbons (Fsp3) is 0.778. The van der Waals surface area contributed by atoms with Crippen LogP contribution in [-0.4, -0.2) is 5.78 Å². The second-order valence-electron chi connectivity index (χ2n) is 3.15. The van der Waals surface area contributed by atoms with Crippen LogP contribution in [0.25, 0.3) is 0 Å². The van der Waals surface area contributed by atoms with E-state index in [2.05, 4.69) is 6.07 Å². The molecule has 0 aromatic heterocycles. The van der Waals surface area contributed by atoms with Crippen LogP contribution in [0.3, 0.4) is 0 Å². The molecular weight excluding hydrogens is 138 g/mol. The molecule has 0 saturated heterocycles. The van der Waals surface area contributed by atoms with E-state index in [9.17, 15) is 4.79 Å². The molecular formula is C9H15NO. The van der Waals surface area contributed by atoms with Gasteiger partial charge in [0.15, 0.2) is 0 Å². The van der Waals surface area contributed by atoms with Gasteiger partial charge in [-0.05, 0) is 19.3 Å². The minimum absolute atomic E-state index is 0.0162. The molecule has 1 unspecified atom stereocenters. The first kappa shape index (κ1) is 10.2. The molecule has 62 valence electrons. The van der Waals surface area contributed by atoms with Crippen LogP contribution < -0.4 is 0 Å². The number of nitrogens with zero attached hydrogens (tertiary/aromatic N) is 1. The molecule has 0 amide bonds. The number of rotatable bonds is 3. The predicted molar refractivity (Wildman–Crippen MR) is 43.9 cm³/mol. The first-order chi connectivity index (χ1) is 5.01. The second-order valence-corrected chi connectivity index (χ2v) is 3.15. The Morgan fingerprint density at radius 2 is 2.09 bits per heavy atom. The summed E-state index contributed by atoms with van der Waals surface area (Å²) in [6.07, 6.45) is 0.608. The normalized spacial score (nSPS) is 15.6. The maximum atomic E-state index is 11.1. The molecule has 2 nitrogen and oxygen atoms in total. The zero-order valence-electron chi connectivity index (χ0n) is 7.64. The Balaban J connectivity index is 4.80. The van der Waals surface area contributed by atoms with Gasteiger partial charge in [0.05, 0.1) is 6.07 Å². The van der Waals surface area contributed by atoms with Crippen molar-refractivity contribution >= 4 is 5.78 Å². The number of hydrogen-bond donors (Lipinski definition) is 0. The highest BCUT2D eigenvalue weighted by atomic mass is 16.1. The predicted octanol–water partition coefficient (Wildman–Crippen LogP) is 2.15. The molecule has 0 radical (unpaired) electrons. The molecule has 0 aliphatic carbocycles. The lowest BCUT2D eigenvalue weighted by Gasteiger charge is -2.25. The number of carbonyl (C=O) groups excluding carboxylic acids is 1. The van der Waals surface area contributed by atoms with Crippen LogP contribution in [0.1, 0.15) is 34.1 Å². The van der Waals surface area contributed by atoms with Gasteiger partial charge in [0.1, 0.15) is 11.2 Å². The van der Waals surface area contributed by atoms with Crippen molar-refractivity contribution in [2.24, 2.45) is 11.3 Å². The van der Waals surface area contributed by atoms with Crippen LogP contribution in [0.5, 0.6) is 0 Å². The molecule has 0 rings (SSSR count). The Bertz CT molecular complexity index is 190. The molecule has 0 aliphatic heterocycles. The van der Waals surface area contributed by atoms with Gasteiger partial charge in [0.25, 0.3) is 0 Å². The summed E-state index contributed by atoms with van der Waals surface area (Å²) in [7, 11) is 0. The van der Waals surface area contributed by atoms with E-state index in [-0.39, 0.29) is 11.7 Å². The maximum absolute atomic E-state index is 11.1. The van der Waals surface area contributed by atoms with Crippen molar-refractivity contribution in [1.82, 2.24) is 0 Å². The van der Waals surface area contributed by atoms with Gasteiger partial charge >= 0.3 is 0 Å². The third-order valence-corrected chi connectivity index (χ3v) is 2.37. The average Bonchev–Trinajstić information content (AvgIpc) is 1.90. The highest BCUT2D eigenvalue weighted by molar-refractivity contribution is 5.85. The van der Waals surface area contributed by atoms with Crippen molar-refractivity contribution in [3.63, 3.8) is 0 Å². The van der Waals surface area contributed by atoms with Crippen LogP contribution in [0.2, 0.25) is 0 Å². The third-order valence-electron chi connectivity index (χ3n) is 2.37. The molecule has 11 heavy (non-hydrogen) atoms. The summed E-state index contributed by atoms with van der Waals surface area (Å²) in [5, 5.41) is 8.85. The van der Waals surface area contributed by atoms with Gasteiger partial charge < -0.3 is 0 Å². The van der Waals surface area contributed by atoms with Crippen LogP contribution >= 0.6 is 0 Å². The van der Waals surface area contributed by atoms with E-state index in [1.807, 2.05) is 20.8 Å². The Labute approximate surface area is 68.2 Å². The second kappa shape index (κ2) is 3.52. The van der Waals surface area contributed by atoms with Gasteiger partial charge in [0.2, 0.25) is 0 Å². The lowest BCUT2D eigenvalue weighted by molar-refractivity contribution is -0.125. The molecule has 0 aromatic rings. The molecule has 0 aromatic carbocycles. The standard InChI is InChI=1S/C9H15NO/c1-5-9(6-10,7(2)3)8(4)11/h7H,5H2,1-4H3. The van der Waals surface area contributed by atoms with Gasteiger partial charge in [-0.1, -0.05) is 20.8 Å². The fourth-order valence-corrected chi connectivity index (χ4v) is 1.35. The lowest BCUT2D eigenvalue weighted by Crippen LogP contribution is -2.32. The molecule has 0 heterocycles. The molecule has 0 aliphatic rings. The first-order valence-electron chi connectivity index (χ1n) is 3.93. The van der Waals surface area contributed by atoms with E-state index in [0.29, 0.717) is 6.42 Å². The molecule has 0 spiro atoms. The molecule has 0 fully saturated rings. The minimum atomic E-state index is -0.750. The topological polar surface area (TPSA) is 40.9 Å². The Morgan fingerprint density at radius 3 is 2.09 bits per heavy atom. The smallest absolute Gasteiger partial charge is 0.150 e. The summed E-state index contributed by atoms with van der Waals surface area (Å²) in [6, 6.07) is 2.11. The monoisotopic (exact) mass is 153 g/mol. The van der Waals surface area contributed by atoms with E-state index >= 15 is 0 Å². The van der Waals surface area contributed by atoms with E-state index in [1.54, 1.807) is 0 Å². The zero-order chi connectivity index (χ0) is 9.07. The van der Waals surface area contributed by atoms with E-state index in [4.69, 9.17) is 5.26 Å². The summed E-state index contributed by atoms with van der Waals surface area (Å²) in [5.74, 6) is 0.0903. The summed E-state index contributed by atoms with van der Waals surface area (Å²) in [6.45, 7) is 7.19. The Morgan fingerprint density at radius 1 is 1.64 bits per heavy atom. The summed E-state index contributed by atoms with van der Waals surface area (Å²) < 4.78 is 0. The highest BCUT2D eigenvalue weighted by Gasteiger charge is 2.36. The third kappa shape index (κ3) is 1.59. The first-order valence-corrected chi connectivity index (χ1v) is 3.93. The van der Waals surface area contributed by atoms with Crippen LogP contribution in [0, 0.1) is 22.7 Å². The quantitative estimate of drug-likeness (QED) is 0.623. The average molecular weight is 153 g/mol. The number of Topliss-reactive ketones (excluding diaryl/α,β-unsaturated/α-hetero) is 1. The number of hydrogen-bond acceptors (Lipinski definition) is 2. The van der Waals surface area contributed by atoms with Gasteiger partial charge in [-0.25, -0.2) is 0 Å². The molecule has 0 saturated carbocycles. The van der Waals surface area contributed by atoms with Crippen molar-refractivity contribution in [1.29, 1.82) is 5.26 Å². The Hall–Kier alpha value is -0.840. The van der Waals surface area contributed by atoms with E-state index in [0.717, 1.165) is 0 Å². The number of ketones is 1. The van der Waals surface area contributed by atoms with Crippen molar-refractivity contribution in [3.05, 3.63) is 0 Å². The zero-order valence-corrected chi connectivity index (χ0v) is 7.64. The molecule has 0 N–H and O–H groups in total. The van der Waals surface area contributed by atoms with Gasteiger partial charge in [-0.2, -0.15) is 5.26 Å². The number of carbonyl (C=O) groups is 1. The minimum Gasteiger partial charge on any atom is -0.298 e. The van der Waals surface area contributed by atoms with Crippen molar-refractivity contribution in [3.8, 4) is 6.07 Å². The van der Waals surface area contributed by atoms with Crippen molar-refractivity contribution in [2.45, 2.75) is 34.1 Å². The maximum Gasteiger partial charge on any atom is 0.150 e. The van der Waals surface area contributed by atoms with Crippen LogP contribution in [-0.2, 0) is 4.79 Å². The van der Waals surface area contributed by atoms with Crippen LogP contribution in [0.4, 0.5) is 0 Å². The molecule has 0 bridgehead atoms. The van der Waals surface area contributed by atoms with E-state index < -0.39 is 5.41 Å². The molecule has 2 heteroatoms. The lowest BCUT2D eigenvalue weighted by atomic mass is 9.73. The van der Waals surface area contributed by atoms with Crippen molar-refractivity contribution in [2.75, 3.05) is 0 Å². The largest absolute Gasteiger partial charge is 0.298 e. The SMILES string of the molecule is CCC(C#N)(C(C)=O)C(C)C. The molecule has 1 atom stereocenters. The van der Waals surface area contributed by atoms with Gasteiger partial charge in [-0.15, -0.1) is 0 Å². The summed E-state index contributed by atoms with van der Waals surface area (Å²) in [5.41, 5.74) is -0.750. The van der Waals surface area contributed by atoms with Crippen molar-refractivity contribution < 1.29 is 4.79 Å². The summed E-state index contributed by atoms with van der Waals surface area (Å²) in [4.78, 5) is 11.1. The van der Waals surface area contributed by atoms with Gasteiger partial charge in [-0.3, -0.25) is 4.79 Å². The van der Waals surface area contributed by atoms with E-state index in [1.165, 1.54) is 6.92 Å². The fourth-order valence-electron chi connectivity index (χ4n) is 1.35.